The van der Waals surface area contributed by atoms with Crippen molar-refractivity contribution in [1.82, 2.24) is 29.6 Å². The van der Waals surface area contributed by atoms with Gasteiger partial charge in [0.05, 0.1) is 17.9 Å². The number of anilines is 2. The van der Waals surface area contributed by atoms with Gasteiger partial charge in [0.25, 0.3) is 5.91 Å². The fraction of sp³-hybridized carbons (Fsp3) is 0.286. The molecular weight excluding hydrogens is 412 g/mol. The molecule has 0 unspecified atom stereocenters. The van der Waals surface area contributed by atoms with Gasteiger partial charge in [-0.1, -0.05) is 23.5 Å². The number of nitrogens with zero attached hydrogens (tertiary/aromatic N) is 7. The van der Waals surface area contributed by atoms with Gasteiger partial charge in [-0.25, -0.2) is 15.0 Å². The molecular formula is C21H22N8OS. The number of carbonyl (C=O) groups excluding carboxylic acids is 1. The van der Waals surface area contributed by atoms with Crippen molar-refractivity contribution < 1.29 is 4.79 Å². The Hall–Kier alpha value is -3.37. The molecule has 1 saturated heterocycles. The van der Waals surface area contributed by atoms with Crippen LogP contribution in [0.1, 0.15) is 9.67 Å². The summed E-state index contributed by atoms with van der Waals surface area (Å²) in [6, 6.07) is 6.48. The van der Waals surface area contributed by atoms with Gasteiger partial charge in [-0.05, 0) is 25.7 Å². The van der Waals surface area contributed by atoms with Gasteiger partial charge in [-0.15, -0.1) is 0 Å². The first kappa shape index (κ1) is 19.6. The van der Waals surface area contributed by atoms with Crippen molar-refractivity contribution in [2.45, 2.75) is 6.04 Å². The SMILES string of the molecule is CN(C)C1CN(c2ncc(C(=O)Nc3ncc4ccc(-c5cnn(C)c5)cc4n3)s2)C1. The largest absolute Gasteiger partial charge is 0.345 e. The Morgan fingerprint density at radius 1 is 1.16 bits per heavy atom. The number of amides is 1. The van der Waals surface area contributed by atoms with E-state index in [1.165, 1.54) is 11.3 Å². The van der Waals surface area contributed by atoms with Gasteiger partial charge in [0.15, 0.2) is 5.13 Å². The summed E-state index contributed by atoms with van der Waals surface area (Å²) in [5, 5.41) is 8.78. The van der Waals surface area contributed by atoms with Gasteiger partial charge < -0.3 is 9.80 Å². The second-order valence-electron chi connectivity index (χ2n) is 7.85. The average molecular weight is 435 g/mol. The molecule has 0 radical (unpaired) electrons. The van der Waals surface area contributed by atoms with E-state index in [0.717, 1.165) is 40.3 Å². The fourth-order valence-corrected chi connectivity index (χ4v) is 4.28. The van der Waals surface area contributed by atoms with E-state index in [0.29, 0.717) is 10.9 Å². The van der Waals surface area contributed by atoms with Crippen LogP contribution in [0.15, 0.2) is 43.0 Å². The van der Waals surface area contributed by atoms with Crippen LogP contribution in [0.4, 0.5) is 11.1 Å². The van der Waals surface area contributed by atoms with Crippen LogP contribution in [0.25, 0.3) is 22.0 Å². The lowest BCUT2D eigenvalue weighted by atomic mass is 10.1. The van der Waals surface area contributed by atoms with Crippen molar-refractivity contribution in [2.24, 2.45) is 7.05 Å². The highest BCUT2D eigenvalue weighted by Gasteiger charge is 2.30. The molecule has 3 aromatic heterocycles. The van der Waals surface area contributed by atoms with E-state index in [4.69, 9.17) is 0 Å². The van der Waals surface area contributed by atoms with Crippen molar-refractivity contribution in [3.8, 4) is 11.1 Å². The molecule has 1 aliphatic rings. The van der Waals surface area contributed by atoms with E-state index in [1.807, 2.05) is 37.6 Å². The second kappa shape index (κ2) is 7.71. The molecule has 158 valence electrons. The number of carbonyl (C=O) groups is 1. The van der Waals surface area contributed by atoms with Gasteiger partial charge >= 0.3 is 0 Å². The molecule has 9 nitrogen and oxygen atoms in total. The predicted octanol–water partition coefficient (Wildman–Crippen LogP) is 2.49. The van der Waals surface area contributed by atoms with Gasteiger partial charge in [0.2, 0.25) is 5.95 Å². The number of thiazole rings is 1. The van der Waals surface area contributed by atoms with Crippen molar-refractivity contribution in [1.29, 1.82) is 0 Å². The summed E-state index contributed by atoms with van der Waals surface area (Å²) in [5.41, 5.74) is 2.77. The van der Waals surface area contributed by atoms with Gasteiger partial charge in [-0.3, -0.25) is 14.8 Å². The van der Waals surface area contributed by atoms with Crippen LogP contribution in [0, 0.1) is 0 Å². The molecule has 1 amide bonds. The molecule has 31 heavy (non-hydrogen) atoms. The highest BCUT2D eigenvalue weighted by molar-refractivity contribution is 7.17. The highest BCUT2D eigenvalue weighted by Crippen LogP contribution is 2.28. The third-order valence-electron chi connectivity index (χ3n) is 5.43. The summed E-state index contributed by atoms with van der Waals surface area (Å²) in [6.07, 6.45) is 7.08. The molecule has 0 spiro atoms. The number of nitrogens with one attached hydrogen (secondary N) is 1. The first-order chi connectivity index (χ1) is 15.0. The standard InChI is InChI=1S/C21H22N8OS/c1-27(2)16-11-29(12-16)21-23-9-18(31-21)19(30)26-20-22-7-14-5-4-13(6-17(14)25-20)15-8-24-28(3)10-15/h4-10,16H,11-12H2,1-3H3,(H,22,25,26,30). The molecule has 0 aliphatic carbocycles. The Morgan fingerprint density at radius 2 is 2.00 bits per heavy atom. The number of aromatic nitrogens is 5. The smallest absolute Gasteiger partial charge is 0.269 e. The second-order valence-corrected chi connectivity index (χ2v) is 8.86. The van der Waals surface area contributed by atoms with Crippen molar-refractivity contribution >= 4 is 39.2 Å². The molecule has 4 aromatic rings. The van der Waals surface area contributed by atoms with E-state index >= 15 is 0 Å². The normalized spacial score (nSPS) is 14.3. The molecule has 4 heterocycles. The molecule has 1 N–H and O–H groups in total. The van der Waals surface area contributed by atoms with Gasteiger partial charge in [-0.2, -0.15) is 5.10 Å². The summed E-state index contributed by atoms with van der Waals surface area (Å²) in [6.45, 7) is 1.85. The van der Waals surface area contributed by atoms with E-state index in [2.05, 4.69) is 49.3 Å². The Balaban J connectivity index is 1.31. The summed E-state index contributed by atoms with van der Waals surface area (Å²) in [5.74, 6) is 0.0172. The number of aryl methyl sites for hydroxylation is 1. The topological polar surface area (TPSA) is 92.1 Å². The quantitative estimate of drug-likeness (QED) is 0.516. The number of rotatable bonds is 5. The summed E-state index contributed by atoms with van der Waals surface area (Å²) < 4.78 is 1.76. The van der Waals surface area contributed by atoms with E-state index in [1.54, 1.807) is 17.1 Å². The molecule has 0 atom stereocenters. The molecule has 1 aliphatic heterocycles. The zero-order valence-electron chi connectivity index (χ0n) is 17.5. The molecule has 1 fully saturated rings. The van der Waals surface area contributed by atoms with Crippen LogP contribution < -0.4 is 10.2 Å². The molecule has 0 saturated carbocycles. The lowest BCUT2D eigenvalue weighted by Crippen LogP contribution is -2.57. The fourth-order valence-electron chi connectivity index (χ4n) is 3.45. The van der Waals surface area contributed by atoms with Crippen molar-refractivity contribution in [2.75, 3.05) is 37.4 Å². The maximum absolute atomic E-state index is 12.7. The van der Waals surface area contributed by atoms with Crippen LogP contribution in [0.3, 0.4) is 0 Å². The lowest BCUT2D eigenvalue weighted by Gasteiger charge is -2.42. The van der Waals surface area contributed by atoms with Gasteiger partial charge in [0.1, 0.15) is 4.88 Å². The maximum Gasteiger partial charge on any atom is 0.269 e. The van der Waals surface area contributed by atoms with Crippen molar-refractivity contribution in [3.05, 3.63) is 47.9 Å². The zero-order chi connectivity index (χ0) is 21.5. The summed E-state index contributed by atoms with van der Waals surface area (Å²) >= 11 is 1.38. The van der Waals surface area contributed by atoms with Crippen LogP contribution in [-0.4, -0.2) is 68.8 Å². The first-order valence-corrected chi connectivity index (χ1v) is 10.7. The molecule has 0 bridgehead atoms. The minimum absolute atomic E-state index is 0.254. The number of likely N-dealkylation sites (N-methyl/N-ethyl adjacent to an activating group) is 1. The Bertz CT molecular complexity index is 1260. The molecule has 5 rings (SSSR count). The van der Waals surface area contributed by atoms with Gasteiger partial charge in [0, 0.05) is 49.5 Å². The third-order valence-corrected chi connectivity index (χ3v) is 6.48. The number of benzene rings is 1. The van der Waals surface area contributed by atoms with Crippen LogP contribution in [0.5, 0.6) is 0 Å². The number of hydrogen-bond donors (Lipinski definition) is 1. The Morgan fingerprint density at radius 3 is 2.74 bits per heavy atom. The summed E-state index contributed by atoms with van der Waals surface area (Å²) in [4.78, 5) is 30.8. The first-order valence-electron chi connectivity index (χ1n) is 9.90. The minimum atomic E-state index is -0.254. The maximum atomic E-state index is 12.7. The van der Waals surface area contributed by atoms with E-state index in [9.17, 15) is 4.79 Å². The Kier molecular flexibility index (Phi) is 4.87. The van der Waals surface area contributed by atoms with E-state index < -0.39 is 0 Å². The number of fused-ring (bicyclic) bond motifs is 1. The van der Waals surface area contributed by atoms with Crippen LogP contribution in [-0.2, 0) is 7.05 Å². The monoisotopic (exact) mass is 434 g/mol. The van der Waals surface area contributed by atoms with Crippen molar-refractivity contribution in [3.63, 3.8) is 0 Å². The predicted molar refractivity (Wildman–Crippen MR) is 121 cm³/mol. The minimum Gasteiger partial charge on any atom is -0.345 e. The average Bonchev–Trinajstić information content (AvgIpc) is 3.35. The van der Waals surface area contributed by atoms with Crippen LogP contribution >= 0.6 is 11.3 Å². The third kappa shape index (κ3) is 3.87. The molecule has 1 aromatic carbocycles. The Labute approximate surface area is 183 Å². The van der Waals surface area contributed by atoms with Crippen LogP contribution in [0.2, 0.25) is 0 Å². The molecule has 10 heteroatoms. The summed E-state index contributed by atoms with van der Waals surface area (Å²) in [7, 11) is 6.03. The highest BCUT2D eigenvalue weighted by atomic mass is 32.1. The number of hydrogen-bond acceptors (Lipinski definition) is 8. The lowest BCUT2D eigenvalue weighted by molar-refractivity contribution is 0.102. The zero-order valence-corrected chi connectivity index (χ0v) is 18.3. The van der Waals surface area contributed by atoms with E-state index in [-0.39, 0.29) is 11.9 Å².